The van der Waals surface area contributed by atoms with Gasteiger partial charge >= 0.3 is 0 Å². The summed E-state index contributed by atoms with van der Waals surface area (Å²) in [6, 6.07) is 6.06. The molecular weight excluding hydrogens is 436 g/mol. The van der Waals surface area contributed by atoms with E-state index in [1.54, 1.807) is 6.07 Å². The number of nitriles is 1. The molecule has 3 aliphatic rings. The van der Waals surface area contributed by atoms with Crippen LogP contribution in [-0.4, -0.2) is 38.2 Å². The summed E-state index contributed by atoms with van der Waals surface area (Å²) in [7, 11) is 2.20. The van der Waals surface area contributed by atoms with Crippen LogP contribution in [-0.2, 0) is 6.54 Å². The first-order valence-electron chi connectivity index (χ1n) is 12.5. The van der Waals surface area contributed by atoms with Crippen molar-refractivity contribution >= 4 is 5.71 Å². The quantitative estimate of drug-likeness (QED) is 0.553. The van der Waals surface area contributed by atoms with Crippen LogP contribution in [0.1, 0.15) is 56.6 Å². The van der Waals surface area contributed by atoms with Crippen molar-refractivity contribution in [2.45, 2.75) is 66.0 Å². The molecule has 0 saturated carbocycles. The number of imidazole rings is 1. The summed E-state index contributed by atoms with van der Waals surface area (Å²) in [5, 5.41) is 14.2. The van der Waals surface area contributed by atoms with Crippen LogP contribution in [0.4, 0.5) is 0 Å². The van der Waals surface area contributed by atoms with Crippen LogP contribution in [0, 0.1) is 31.1 Å². The van der Waals surface area contributed by atoms with Gasteiger partial charge in [0.25, 0.3) is 5.88 Å². The lowest BCUT2D eigenvalue weighted by Gasteiger charge is -2.29. The number of aryl methyl sites for hydroxylation is 2. The van der Waals surface area contributed by atoms with Crippen molar-refractivity contribution in [3.8, 4) is 11.9 Å². The van der Waals surface area contributed by atoms with Gasteiger partial charge in [-0.3, -0.25) is 0 Å². The largest absolute Gasteiger partial charge is 0.370 e. The molecule has 35 heavy (non-hydrogen) atoms. The van der Waals surface area contributed by atoms with Gasteiger partial charge in [0.15, 0.2) is 0 Å². The molecule has 2 atom stereocenters. The predicted octanol–water partition coefficient (Wildman–Crippen LogP) is 5.48. The van der Waals surface area contributed by atoms with Gasteiger partial charge in [0.2, 0.25) is 0 Å². The van der Waals surface area contributed by atoms with Crippen LogP contribution in [0.15, 0.2) is 64.8 Å². The van der Waals surface area contributed by atoms with Crippen molar-refractivity contribution in [3.63, 3.8) is 0 Å². The van der Waals surface area contributed by atoms with Crippen LogP contribution in [0.3, 0.4) is 0 Å². The molecule has 7 heteroatoms. The zero-order valence-electron chi connectivity index (χ0n) is 21.3. The number of hydrogen-bond acceptors (Lipinski definition) is 6. The summed E-state index contributed by atoms with van der Waals surface area (Å²) in [6.45, 7) is 8.69. The molecule has 0 spiro atoms. The molecule has 2 unspecified atom stereocenters. The molecule has 0 saturated heterocycles. The van der Waals surface area contributed by atoms with Gasteiger partial charge in [-0.1, -0.05) is 37.2 Å². The molecule has 182 valence electrons. The van der Waals surface area contributed by atoms with Gasteiger partial charge in [0.1, 0.15) is 17.5 Å². The van der Waals surface area contributed by atoms with Crippen molar-refractivity contribution in [2.75, 3.05) is 7.05 Å². The fourth-order valence-electron chi connectivity index (χ4n) is 5.13. The molecule has 0 amide bonds. The smallest absolute Gasteiger partial charge is 0.266 e. The van der Waals surface area contributed by atoms with Gasteiger partial charge in [0.05, 0.1) is 11.8 Å². The summed E-state index contributed by atoms with van der Waals surface area (Å²) >= 11 is 0. The molecule has 2 aromatic heterocycles. The number of nitrogens with zero attached hydrogens (tertiary/aromatic N) is 6. The van der Waals surface area contributed by atoms with Crippen molar-refractivity contribution in [1.82, 2.24) is 19.4 Å². The molecule has 2 aliphatic carbocycles. The minimum Gasteiger partial charge on any atom is -0.370 e. The third kappa shape index (κ3) is 4.79. The zero-order valence-corrected chi connectivity index (χ0v) is 21.3. The third-order valence-electron chi connectivity index (χ3n) is 6.91. The number of rotatable bonds is 4. The highest BCUT2D eigenvalue weighted by Gasteiger charge is 2.41. The van der Waals surface area contributed by atoms with E-state index >= 15 is 0 Å². The number of likely N-dealkylation sites (N-methyl/N-ethyl adjacent to an activating group) is 1. The first kappa shape index (κ1) is 24.5. The van der Waals surface area contributed by atoms with Crippen LogP contribution >= 0.6 is 0 Å². The van der Waals surface area contributed by atoms with Gasteiger partial charge < -0.3 is 14.3 Å². The second-order valence-corrected chi connectivity index (χ2v) is 8.92. The topological polar surface area (TPSA) is 79.3 Å². The Morgan fingerprint density at radius 1 is 1.23 bits per heavy atom. The maximum absolute atomic E-state index is 9.51. The Hall–Kier alpha value is -3.66. The van der Waals surface area contributed by atoms with Gasteiger partial charge in [0, 0.05) is 48.9 Å². The van der Waals surface area contributed by atoms with E-state index in [4.69, 9.17) is 9.99 Å². The van der Waals surface area contributed by atoms with Crippen LogP contribution in [0.5, 0.6) is 5.88 Å². The second kappa shape index (κ2) is 10.7. The Morgan fingerprint density at radius 2 is 2.06 bits per heavy atom. The lowest BCUT2D eigenvalue weighted by Crippen LogP contribution is -2.29. The Kier molecular flexibility index (Phi) is 7.50. The lowest BCUT2D eigenvalue weighted by atomic mass is 9.82. The van der Waals surface area contributed by atoms with E-state index in [1.165, 1.54) is 16.8 Å². The molecule has 0 bridgehead atoms. The normalized spacial score (nSPS) is 22.0. The van der Waals surface area contributed by atoms with Gasteiger partial charge in [-0.2, -0.15) is 5.26 Å². The predicted molar refractivity (Wildman–Crippen MR) is 138 cm³/mol. The average molecular weight is 471 g/mol. The summed E-state index contributed by atoms with van der Waals surface area (Å²) in [6.07, 6.45) is 14.6. The molecule has 1 aliphatic heterocycles. The maximum atomic E-state index is 9.51. The molecule has 7 nitrogen and oxygen atoms in total. The number of hydrogen-bond donors (Lipinski definition) is 0. The van der Waals surface area contributed by atoms with Gasteiger partial charge in [-0.05, 0) is 57.2 Å². The van der Waals surface area contributed by atoms with Crippen LogP contribution in [0.25, 0.3) is 0 Å². The van der Waals surface area contributed by atoms with Crippen molar-refractivity contribution in [2.24, 2.45) is 11.1 Å². The Bertz CT molecular complexity index is 1240. The molecule has 2 aromatic rings. The molecule has 0 fully saturated rings. The highest BCUT2D eigenvalue weighted by Crippen LogP contribution is 2.44. The van der Waals surface area contributed by atoms with Crippen LogP contribution in [0.2, 0.25) is 0 Å². The van der Waals surface area contributed by atoms with E-state index in [1.807, 2.05) is 46.2 Å². The molecular formula is C28H34N6O. The lowest BCUT2D eigenvalue weighted by molar-refractivity contribution is 0.314. The third-order valence-corrected chi connectivity index (χ3v) is 6.91. The highest BCUT2D eigenvalue weighted by atomic mass is 16.6. The van der Waals surface area contributed by atoms with Gasteiger partial charge in [-0.25, -0.2) is 9.97 Å². The summed E-state index contributed by atoms with van der Waals surface area (Å²) in [5.41, 5.74) is 5.96. The minimum absolute atomic E-state index is 0.173. The number of allylic oxidation sites excluding steroid dienone is 4. The fourth-order valence-corrected chi connectivity index (χ4v) is 5.13. The SMILES string of the molecule is CC.Cc1ccc(C#N)c(O/N=C2/C3=C(CCC2Cn2ccnc2C)N(C)C2CCC=CC=C32)n1. The average Bonchev–Trinajstić information content (AvgIpc) is 3.28. The van der Waals surface area contributed by atoms with E-state index in [-0.39, 0.29) is 11.8 Å². The van der Waals surface area contributed by atoms with Crippen molar-refractivity contribution < 1.29 is 4.84 Å². The first-order chi connectivity index (χ1) is 17.1. The van der Waals surface area contributed by atoms with E-state index < -0.39 is 0 Å². The maximum Gasteiger partial charge on any atom is 0.266 e. The minimum atomic E-state index is 0.173. The van der Waals surface area contributed by atoms with E-state index in [0.717, 1.165) is 49.5 Å². The van der Waals surface area contributed by atoms with Gasteiger partial charge in [-0.15, -0.1) is 0 Å². The molecule has 0 radical (unpaired) electrons. The first-order valence-corrected chi connectivity index (χ1v) is 12.5. The number of oxime groups is 1. The molecule has 5 rings (SSSR count). The Morgan fingerprint density at radius 3 is 2.80 bits per heavy atom. The van der Waals surface area contributed by atoms with E-state index in [2.05, 4.69) is 50.8 Å². The molecule has 3 heterocycles. The number of pyridine rings is 1. The van der Waals surface area contributed by atoms with E-state index in [9.17, 15) is 5.26 Å². The highest BCUT2D eigenvalue weighted by molar-refractivity contribution is 6.07. The summed E-state index contributed by atoms with van der Waals surface area (Å²) in [4.78, 5) is 17.2. The molecule has 0 N–H and O–H groups in total. The van der Waals surface area contributed by atoms with Crippen molar-refractivity contribution in [3.05, 3.63) is 76.7 Å². The summed E-state index contributed by atoms with van der Waals surface area (Å²) < 4.78 is 2.18. The number of aromatic nitrogens is 3. The van der Waals surface area contributed by atoms with Crippen LogP contribution < -0.4 is 4.84 Å². The monoisotopic (exact) mass is 470 g/mol. The second-order valence-electron chi connectivity index (χ2n) is 8.92. The Balaban J connectivity index is 0.00000141. The van der Waals surface area contributed by atoms with Crippen molar-refractivity contribution in [1.29, 1.82) is 5.26 Å². The standard InChI is InChI=1S/C26H28N6O.C2H6/c1-17-9-10-19(15-27)26(29-17)33-30-25-20(16-32-14-13-28-18(32)2)11-12-23-24(25)21-7-5-4-6-8-22(21)31(23)3;1-2/h4-5,7,9-10,13-14,20,22H,6,8,11-12,16H2,1-3H3;1-2H3/b30-25+;. The number of fused-ring (bicyclic) bond motifs is 2. The fraction of sp³-hybridized carbons (Fsp3) is 0.429. The zero-order chi connectivity index (χ0) is 24.9. The molecule has 0 aromatic carbocycles. The summed E-state index contributed by atoms with van der Waals surface area (Å²) in [5.74, 6) is 1.42. The Labute approximate surface area is 208 Å². The van der Waals surface area contributed by atoms with E-state index in [0.29, 0.717) is 11.6 Å².